The van der Waals surface area contributed by atoms with Gasteiger partial charge in [0.25, 0.3) is 0 Å². The van der Waals surface area contributed by atoms with Gasteiger partial charge in [0.2, 0.25) is 0 Å². The minimum absolute atomic E-state index is 0.209. The first-order valence-electron chi connectivity index (χ1n) is 4.63. The van der Waals surface area contributed by atoms with Crippen molar-refractivity contribution in [3.8, 4) is 11.8 Å². The molecule has 0 aliphatic rings. The zero-order valence-electron chi connectivity index (χ0n) is 8.52. The quantitative estimate of drug-likeness (QED) is 0.572. The minimum atomic E-state index is -0.209. The van der Waals surface area contributed by atoms with Crippen LogP contribution < -0.4 is 5.32 Å². The summed E-state index contributed by atoms with van der Waals surface area (Å²) < 4.78 is 12.9. The van der Waals surface area contributed by atoms with Gasteiger partial charge >= 0.3 is 0 Å². The van der Waals surface area contributed by atoms with Crippen molar-refractivity contribution >= 4 is 5.69 Å². The largest absolute Gasteiger partial charge is 0.384 e. The van der Waals surface area contributed by atoms with Crippen LogP contribution in [0.4, 0.5) is 10.1 Å². The molecule has 0 unspecified atom stereocenters. The second-order valence-corrected chi connectivity index (χ2v) is 3.06. The lowest BCUT2D eigenvalue weighted by molar-refractivity contribution is 0.628. The van der Waals surface area contributed by atoms with E-state index in [1.165, 1.54) is 12.1 Å². The topological polar surface area (TPSA) is 12.0 Å². The van der Waals surface area contributed by atoms with Crippen LogP contribution in [-0.4, -0.2) is 6.54 Å². The van der Waals surface area contributed by atoms with Crippen LogP contribution in [0.25, 0.3) is 0 Å². The molecule has 0 atom stereocenters. The maximum Gasteiger partial charge on any atom is 0.125 e. The number of nitrogens with one attached hydrogen (secondary N) is 1. The Hall–Kier alpha value is -1.49. The Kier molecular flexibility index (Phi) is 4.00. The summed E-state index contributed by atoms with van der Waals surface area (Å²) in [6.07, 6.45) is 0.784. The summed E-state index contributed by atoms with van der Waals surface area (Å²) in [7, 11) is 0. The van der Waals surface area contributed by atoms with Crippen molar-refractivity contribution in [1.29, 1.82) is 0 Å². The summed E-state index contributed by atoms with van der Waals surface area (Å²) in [5.74, 6) is 5.55. The molecular weight excluding hydrogens is 177 g/mol. The fourth-order valence-corrected chi connectivity index (χ4v) is 1.17. The molecule has 0 heterocycles. The van der Waals surface area contributed by atoms with Gasteiger partial charge in [0.1, 0.15) is 5.82 Å². The summed E-state index contributed by atoms with van der Waals surface area (Å²) in [5, 5.41) is 3.15. The smallest absolute Gasteiger partial charge is 0.125 e. The molecule has 1 N–H and O–H groups in total. The lowest BCUT2D eigenvalue weighted by atomic mass is 10.2. The fraction of sp³-hybridized carbons (Fsp3) is 0.333. The van der Waals surface area contributed by atoms with E-state index in [2.05, 4.69) is 17.2 Å². The van der Waals surface area contributed by atoms with Crippen molar-refractivity contribution in [2.75, 3.05) is 11.9 Å². The Morgan fingerprint density at radius 3 is 2.93 bits per heavy atom. The number of hydrogen-bond acceptors (Lipinski definition) is 1. The molecule has 0 fully saturated rings. The molecule has 0 radical (unpaired) electrons. The maximum absolute atomic E-state index is 12.9. The van der Waals surface area contributed by atoms with E-state index >= 15 is 0 Å². The first-order valence-corrected chi connectivity index (χ1v) is 4.63. The highest BCUT2D eigenvalue weighted by atomic mass is 19.1. The Morgan fingerprint density at radius 2 is 2.21 bits per heavy atom. The Morgan fingerprint density at radius 1 is 1.43 bits per heavy atom. The van der Waals surface area contributed by atoms with E-state index in [1.54, 1.807) is 6.07 Å². The average Bonchev–Trinajstić information content (AvgIpc) is 2.18. The Bertz CT molecular complexity index is 360. The molecular formula is C12H14FN. The summed E-state index contributed by atoms with van der Waals surface area (Å²) in [5.41, 5.74) is 1.90. The number of halogens is 1. The van der Waals surface area contributed by atoms with Crippen molar-refractivity contribution in [3.63, 3.8) is 0 Å². The minimum Gasteiger partial charge on any atom is -0.384 e. The average molecular weight is 191 g/mol. The van der Waals surface area contributed by atoms with E-state index < -0.39 is 0 Å². The third-order valence-electron chi connectivity index (χ3n) is 1.94. The van der Waals surface area contributed by atoms with Crippen molar-refractivity contribution in [2.45, 2.75) is 20.3 Å². The predicted molar refractivity (Wildman–Crippen MR) is 57.7 cm³/mol. The highest BCUT2D eigenvalue weighted by molar-refractivity contribution is 5.50. The van der Waals surface area contributed by atoms with Gasteiger partial charge in [-0.1, -0.05) is 6.07 Å². The molecule has 1 aromatic carbocycles. The van der Waals surface area contributed by atoms with E-state index in [1.807, 2.05) is 13.8 Å². The van der Waals surface area contributed by atoms with Crippen LogP contribution in [0.1, 0.15) is 18.9 Å². The van der Waals surface area contributed by atoms with Crippen LogP contribution >= 0.6 is 0 Å². The molecule has 0 bridgehead atoms. The van der Waals surface area contributed by atoms with Gasteiger partial charge in [-0.25, -0.2) is 4.39 Å². The number of rotatable bonds is 3. The van der Waals surface area contributed by atoms with Gasteiger partial charge < -0.3 is 5.32 Å². The first kappa shape index (κ1) is 10.6. The van der Waals surface area contributed by atoms with Crippen molar-refractivity contribution in [1.82, 2.24) is 0 Å². The standard InChI is InChI=1S/C12H14FN/c1-3-4-5-8-14-12-9-11(13)7-6-10(12)2/h6-7,9,14H,5,8H2,1-2H3. The van der Waals surface area contributed by atoms with E-state index in [0.29, 0.717) is 0 Å². The lowest BCUT2D eigenvalue weighted by Gasteiger charge is -2.07. The molecule has 0 aliphatic carbocycles. The van der Waals surface area contributed by atoms with Crippen molar-refractivity contribution < 1.29 is 4.39 Å². The van der Waals surface area contributed by atoms with Crippen LogP contribution in [0.2, 0.25) is 0 Å². The molecule has 0 amide bonds. The van der Waals surface area contributed by atoms with Crippen molar-refractivity contribution in [2.24, 2.45) is 0 Å². The van der Waals surface area contributed by atoms with Crippen LogP contribution in [0.5, 0.6) is 0 Å². The molecule has 0 spiro atoms. The summed E-state index contributed by atoms with van der Waals surface area (Å²) in [4.78, 5) is 0. The summed E-state index contributed by atoms with van der Waals surface area (Å²) in [6, 6.07) is 4.74. The lowest BCUT2D eigenvalue weighted by Crippen LogP contribution is -2.02. The van der Waals surface area contributed by atoms with Crippen LogP contribution in [0.15, 0.2) is 18.2 Å². The van der Waals surface area contributed by atoms with Gasteiger partial charge in [-0.15, -0.1) is 11.8 Å². The van der Waals surface area contributed by atoms with Crippen LogP contribution in [0, 0.1) is 24.6 Å². The van der Waals surface area contributed by atoms with E-state index in [0.717, 1.165) is 24.2 Å². The maximum atomic E-state index is 12.9. The zero-order chi connectivity index (χ0) is 10.4. The third kappa shape index (κ3) is 3.10. The van der Waals surface area contributed by atoms with Gasteiger partial charge in [0.15, 0.2) is 0 Å². The van der Waals surface area contributed by atoms with Gasteiger partial charge in [-0.05, 0) is 31.5 Å². The van der Waals surface area contributed by atoms with Crippen LogP contribution in [-0.2, 0) is 0 Å². The monoisotopic (exact) mass is 191 g/mol. The van der Waals surface area contributed by atoms with E-state index in [4.69, 9.17) is 0 Å². The molecule has 2 heteroatoms. The zero-order valence-corrected chi connectivity index (χ0v) is 8.52. The number of hydrogen-bond donors (Lipinski definition) is 1. The molecule has 0 saturated carbocycles. The van der Waals surface area contributed by atoms with Crippen molar-refractivity contribution in [3.05, 3.63) is 29.6 Å². The highest BCUT2D eigenvalue weighted by Gasteiger charge is 1.98. The molecule has 0 saturated heterocycles. The number of aryl methyl sites for hydroxylation is 1. The SMILES string of the molecule is CC#CCCNc1cc(F)ccc1C. The summed E-state index contributed by atoms with van der Waals surface area (Å²) >= 11 is 0. The van der Waals surface area contributed by atoms with E-state index in [9.17, 15) is 4.39 Å². The Balaban J connectivity index is 2.56. The summed E-state index contributed by atoms with van der Waals surface area (Å²) in [6.45, 7) is 4.52. The molecule has 1 aromatic rings. The normalized spacial score (nSPS) is 9.07. The highest BCUT2D eigenvalue weighted by Crippen LogP contribution is 2.15. The second-order valence-electron chi connectivity index (χ2n) is 3.06. The predicted octanol–water partition coefficient (Wildman–Crippen LogP) is 2.96. The van der Waals surface area contributed by atoms with Gasteiger partial charge in [-0.3, -0.25) is 0 Å². The van der Waals surface area contributed by atoms with Gasteiger partial charge in [0.05, 0.1) is 0 Å². The number of benzene rings is 1. The Labute approximate surface area is 84.3 Å². The molecule has 1 rings (SSSR count). The third-order valence-corrected chi connectivity index (χ3v) is 1.94. The molecule has 1 nitrogen and oxygen atoms in total. The fourth-order valence-electron chi connectivity index (χ4n) is 1.17. The molecule has 0 aromatic heterocycles. The first-order chi connectivity index (χ1) is 6.74. The molecule has 14 heavy (non-hydrogen) atoms. The van der Waals surface area contributed by atoms with Gasteiger partial charge in [0, 0.05) is 18.7 Å². The second kappa shape index (κ2) is 5.29. The molecule has 0 aliphatic heterocycles. The van der Waals surface area contributed by atoms with Crippen LogP contribution in [0.3, 0.4) is 0 Å². The number of anilines is 1. The van der Waals surface area contributed by atoms with Gasteiger partial charge in [-0.2, -0.15) is 0 Å². The van der Waals surface area contributed by atoms with E-state index in [-0.39, 0.29) is 5.82 Å². The molecule has 74 valence electrons.